The van der Waals surface area contributed by atoms with E-state index in [1.165, 1.54) is 0 Å². The van der Waals surface area contributed by atoms with E-state index >= 15 is 0 Å². The van der Waals surface area contributed by atoms with Crippen molar-refractivity contribution < 1.29 is 9.84 Å². The zero-order valence-corrected chi connectivity index (χ0v) is 9.25. The Labute approximate surface area is 91.2 Å². The maximum absolute atomic E-state index is 9.58. The quantitative estimate of drug-likeness (QED) is 0.851. The lowest BCUT2D eigenvalue weighted by Gasteiger charge is -2.14. The van der Waals surface area contributed by atoms with Crippen LogP contribution in [0.3, 0.4) is 0 Å². The van der Waals surface area contributed by atoms with E-state index in [-0.39, 0.29) is 11.9 Å². The second-order valence-electron chi connectivity index (χ2n) is 3.32. The fourth-order valence-electron chi connectivity index (χ4n) is 1.51. The Morgan fingerprint density at radius 2 is 2.36 bits per heavy atom. The van der Waals surface area contributed by atoms with Gasteiger partial charge in [-0.3, -0.25) is 0 Å². The SMILES string of the molecule is Oc1cccc(Br)c1OC1CCNC1. The molecule has 1 aromatic rings. The number of para-hydroxylation sites is 1. The van der Waals surface area contributed by atoms with Gasteiger partial charge in [-0.2, -0.15) is 0 Å². The largest absolute Gasteiger partial charge is 0.504 e. The van der Waals surface area contributed by atoms with Gasteiger partial charge in [0.15, 0.2) is 11.5 Å². The van der Waals surface area contributed by atoms with Gasteiger partial charge in [-0.25, -0.2) is 0 Å². The summed E-state index contributed by atoms with van der Waals surface area (Å²) in [7, 11) is 0. The van der Waals surface area contributed by atoms with Crippen molar-refractivity contribution in [1.29, 1.82) is 0 Å². The lowest BCUT2D eigenvalue weighted by atomic mass is 10.3. The number of hydrogen-bond donors (Lipinski definition) is 2. The van der Waals surface area contributed by atoms with Crippen LogP contribution in [0.1, 0.15) is 6.42 Å². The normalized spacial score (nSPS) is 21.1. The number of phenolic OH excluding ortho intramolecular Hbond substituents is 1. The molecule has 0 saturated carbocycles. The highest BCUT2D eigenvalue weighted by Gasteiger charge is 2.18. The van der Waals surface area contributed by atoms with E-state index < -0.39 is 0 Å². The van der Waals surface area contributed by atoms with Crippen LogP contribution in [-0.2, 0) is 0 Å². The Balaban J connectivity index is 2.14. The van der Waals surface area contributed by atoms with E-state index in [4.69, 9.17) is 4.74 Å². The standard InChI is InChI=1S/C10H12BrNO2/c11-8-2-1-3-9(13)10(8)14-7-4-5-12-6-7/h1-3,7,12-13H,4-6H2. The van der Waals surface area contributed by atoms with Crippen molar-refractivity contribution in [1.82, 2.24) is 5.32 Å². The molecule has 0 aliphatic carbocycles. The molecule has 0 aromatic heterocycles. The molecule has 0 radical (unpaired) electrons. The van der Waals surface area contributed by atoms with Crippen molar-refractivity contribution >= 4 is 15.9 Å². The predicted molar refractivity (Wildman–Crippen MR) is 57.7 cm³/mol. The van der Waals surface area contributed by atoms with Gasteiger partial charge in [-0.05, 0) is 41.0 Å². The summed E-state index contributed by atoms with van der Waals surface area (Å²) in [4.78, 5) is 0. The summed E-state index contributed by atoms with van der Waals surface area (Å²) in [5.74, 6) is 0.729. The molecule has 0 spiro atoms. The van der Waals surface area contributed by atoms with Gasteiger partial charge in [0, 0.05) is 6.54 Å². The summed E-state index contributed by atoms with van der Waals surface area (Å²) in [5, 5.41) is 12.8. The van der Waals surface area contributed by atoms with Crippen LogP contribution in [0.4, 0.5) is 0 Å². The van der Waals surface area contributed by atoms with E-state index in [9.17, 15) is 5.11 Å². The van der Waals surface area contributed by atoms with Crippen LogP contribution in [0, 0.1) is 0 Å². The molecule has 4 heteroatoms. The number of halogens is 1. The Kier molecular flexibility index (Phi) is 2.93. The van der Waals surface area contributed by atoms with Crippen molar-refractivity contribution in [3.05, 3.63) is 22.7 Å². The van der Waals surface area contributed by atoms with Crippen LogP contribution in [-0.4, -0.2) is 24.3 Å². The molecule has 0 bridgehead atoms. The minimum atomic E-state index is 0.166. The zero-order valence-electron chi connectivity index (χ0n) is 7.66. The number of benzene rings is 1. The van der Waals surface area contributed by atoms with E-state index in [1.807, 2.05) is 6.07 Å². The van der Waals surface area contributed by atoms with Gasteiger partial charge in [0.05, 0.1) is 4.47 Å². The van der Waals surface area contributed by atoms with Crippen LogP contribution in [0.5, 0.6) is 11.5 Å². The molecule has 2 rings (SSSR count). The first kappa shape index (κ1) is 9.80. The Bertz CT molecular complexity index is 304. The minimum Gasteiger partial charge on any atom is -0.504 e. The first-order valence-electron chi connectivity index (χ1n) is 4.62. The van der Waals surface area contributed by atoms with Gasteiger partial charge < -0.3 is 15.2 Å². The number of aromatic hydroxyl groups is 1. The van der Waals surface area contributed by atoms with Gasteiger partial charge >= 0.3 is 0 Å². The molecule has 1 aliphatic rings. The molecule has 76 valence electrons. The lowest BCUT2D eigenvalue weighted by Crippen LogP contribution is -2.19. The third kappa shape index (κ3) is 2.01. The van der Waals surface area contributed by atoms with Crippen LogP contribution >= 0.6 is 15.9 Å². The summed E-state index contributed by atoms with van der Waals surface area (Å²) in [6.45, 7) is 1.83. The summed E-state index contributed by atoms with van der Waals surface area (Å²) < 4.78 is 6.47. The van der Waals surface area contributed by atoms with E-state index in [1.54, 1.807) is 12.1 Å². The highest BCUT2D eigenvalue weighted by atomic mass is 79.9. The fraction of sp³-hybridized carbons (Fsp3) is 0.400. The van der Waals surface area contributed by atoms with Crippen molar-refractivity contribution in [2.75, 3.05) is 13.1 Å². The molecule has 1 atom stereocenters. The second-order valence-corrected chi connectivity index (χ2v) is 4.18. The van der Waals surface area contributed by atoms with Crippen molar-refractivity contribution in [3.63, 3.8) is 0 Å². The highest BCUT2D eigenvalue weighted by Crippen LogP contribution is 2.35. The second kappa shape index (κ2) is 4.19. The van der Waals surface area contributed by atoms with E-state index in [2.05, 4.69) is 21.2 Å². The molecule has 0 amide bonds. The molecule has 1 heterocycles. The molecule has 3 nitrogen and oxygen atoms in total. The summed E-state index contributed by atoms with van der Waals surface area (Å²) >= 11 is 3.35. The highest BCUT2D eigenvalue weighted by molar-refractivity contribution is 9.10. The first-order valence-corrected chi connectivity index (χ1v) is 5.41. The average Bonchev–Trinajstić information content (AvgIpc) is 2.64. The molecule has 2 N–H and O–H groups in total. The van der Waals surface area contributed by atoms with Gasteiger partial charge in [-0.1, -0.05) is 6.07 Å². The van der Waals surface area contributed by atoms with Crippen molar-refractivity contribution in [2.45, 2.75) is 12.5 Å². The summed E-state index contributed by atoms with van der Waals surface area (Å²) in [6.07, 6.45) is 1.15. The van der Waals surface area contributed by atoms with Crippen LogP contribution in [0.2, 0.25) is 0 Å². The van der Waals surface area contributed by atoms with Gasteiger partial charge in [0.2, 0.25) is 0 Å². The molecular formula is C10H12BrNO2. The van der Waals surface area contributed by atoms with Gasteiger partial charge in [0.25, 0.3) is 0 Å². The molecule has 14 heavy (non-hydrogen) atoms. The summed E-state index contributed by atoms with van der Waals surface area (Å²) in [6, 6.07) is 5.26. The predicted octanol–water partition coefficient (Wildman–Crippen LogP) is 1.90. The average molecular weight is 258 g/mol. The number of phenols is 1. The fourth-order valence-corrected chi connectivity index (χ4v) is 1.96. The summed E-state index contributed by atoms with van der Waals surface area (Å²) in [5.41, 5.74) is 0. The van der Waals surface area contributed by atoms with E-state index in [0.717, 1.165) is 24.0 Å². The van der Waals surface area contributed by atoms with Crippen LogP contribution in [0.15, 0.2) is 22.7 Å². The number of hydrogen-bond acceptors (Lipinski definition) is 3. The van der Waals surface area contributed by atoms with Crippen molar-refractivity contribution in [3.8, 4) is 11.5 Å². The van der Waals surface area contributed by atoms with Crippen LogP contribution < -0.4 is 10.1 Å². The molecule has 1 aliphatic heterocycles. The molecule has 1 unspecified atom stereocenters. The third-order valence-electron chi connectivity index (χ3n) is 2.25. The Morgan fingerprint density at radius 3 is 3.00 bits per heavy atom. The first-order chi connectivity index (χ1) is 6.77. The maximum Gasteiger partial charge on any atom is 0.175 e. The lowest BCUT2D eigenvalue weighted by molar-refractivity contribution is 0.212. The number of ether oxygens (including phenoxy) is 1. The topological polar surface area (TPSA) is 41.5 Å². The zero-order chi connectivity index (χ0) is 9.97. The minimum absolute atomic E-state index is 0.166. The number of nitrogens with one attached hydrogen (secondary N) is 1. The number of rotatable bonds is 2. The molecular weight excluding hydrogens is 246 g/mol. The molecule has 1 aromatic carbocycles. The van der Waals surface area contributed by atoms with Crippen molar-refractivity contribution in [2.24, 2.45) is 0 Å². The van der Waals surface area contributed by atoms with E-state index in [0.29, 0.717) is 5.75 Å². The molecule has 1 fully saturated rings. The molecule has 1 saturated heterocycles. The van der Waals surface area contributed by atoms with Crippen LogP contribution in [0.25, 0.3) is 0 Å². The Hall–Kier alpha value is -0.740. The van der Waals surface area contributed by atoms with Gasteiger partial charge in [-0.15, -0.1) is 0 Å². The van der Waals surface area contributed by atoms with Gasteiger partial charge in [0.1, 0.15) is 6.10 Å². The maximum atomic E-state index is 9.58. The third-order valence-corrected chi connectivity index (χ3v) is 2.87. The monoisotopic (exact) mass is 257 g/mol. The smallest absolute Gasteiger partial charge is 0.175 e. The Morgan fingerprint density at radius 1 is 1.50 bits per heavy atom.